The Balaban J connectivity index is 2.00. The number of benzene rings is 2. The van der Waals surface area contributed by atoms with Crippen molar-refractivity contribution in [3.63, 3.8) is 0 Å². The Morgan fingerprint density at radius 3 is 2.60 bits per heavy atom. The van der Waals surface area contributed by atoms with Crippen molar-refractivity contribution in [3.8, 4) is 0 Å². The van der Waals surface area contributed by atoms with Crippen LogP contribution >= 0.6 is 0 Å². The highest BCUT2D eigenvalue weighted by molar-refractivity contribution is 5.54. The maximum absolute atomic E-state index is 9.48. The van der Waals surface area contributed by atoms with E-state index in [0.717, 1.165) is 13.0 Å². The van der Waals surface area contributed by atoms with Gasteiger partial charge >= 0.3 is 0 Å². The van der Waals surface area contributed by atoms with Crippen LogP contribution < -0.4 is 0 Å². The molecule has 2 aliphatic rings. The molecule has 2 atom stereocenters. The van der Waals surface area contributed by atoms with E-state index in [1.807, 2.05) is 0 Å². The van der Waals surface area contributed by atoms with Crippen LogP contribution in [0, 0.1) is 0 Å². The van der Waals surface area contributed by atoms with Crippen LogP contribution in [0.1, 0.15) is 35.2 Å². The summed E-state index contributed by atoms with van der Waals surface area (Å²) in [5, 5.41) is 9.48. The lowest BCUT2D eigenvalue weighted by Gasteiger charge is -2.44. The molecule has 1 N–H and O–H groups in total. The summed E-state index contributed by atoms with van der Waals surface area (Å²) < 4.78 is 0. The van der Waals surface area contributed by atoms with Gasteiger partial charge in [0.1, 0.15) is 0 Å². The van der Waals surface area contributed by atoms with Crippen molar-refractivity contribution in [1.82, 2.24) is 4.90 Å². The molecule has 2 heteroatoms. The Morgan fingerprint density at radius 1 is 1.10 bits per heavy atom. The highest BCUT2D eigenvalue weighted by Crippen LogP contribution is 2.54. The first-order valence-corrected chi connectivity index (χ1v) is 7.32. The molecule has 2 heterocycles. The first-order valence-electron chi connectivity index (χ1n) is 7.32. The fraction of sp³-hybridized carbons (Fsp3) is 0.333. The zero-order valence-electron chi connectivity index (χ0n) is 11.7. The predicted molar refractivity (Wildman–Crippen MR) is 79.6 cm³/mol. The summed E-state index contributed by atoms with van der Waals surface area (Å²) in [7, 11) is 0. The van der Waals surface area contributed by atoms with E-state index in [2.05, 4.69) is 60.4 Å². The molecular weight excluding hydrogens is 246 g/mol. The number of hydrogen-bond donors (Lipinski definition) is 1. The quantitative estimate of drug-likeness (QED) is 0.902. The van der Waals surface area contributed by atoms with Gasteiger partial charge in [-0.3, -0.25) is 4.90 Å². The molecule has 0 radical (unpaired) electrons. The van der Waals surface area contributed by atoms with E-state index in [9.17, 15) is 5.11 Å². The molecule has 2 aliphatic heterocycles. The van der Waals surface area contributed by atoms with Gasteiger partial charge in [-0.1, -0.05) is 48.5 Å². The Hall–Kier alpha value is -1.64. The van der Waals surface area contributed by atoms with Crippen LogP contribution in [0.4, 0.5) is 0 Å². The van der Waals surface area contributed by atoms with Gasteiger partial charge in [-0.05, 0) is 35.6 Å². The van der Waals surface area contributed by atoms with E-state index in [0.29, 0.717) is 6.04 Å². The second kappa shape index (κ2) is 4.18. The average Bonchev–Trinajstić information content (AvgIpc) is 2.65. The molecule has 2 unspecified atom stereocenters. The van der Waals surface area contributed by atoms with Crippen LogP contribution in [0.2, 0.25) is 0 Å². The summed E-state index contributed by atoms with van der Waals surface area (Å²) in [6.45, 7) is 3.24. The van der Waals surface area contributed by atoms with Crippen LogP contribution in [0.15, 0.2) is 48.5 Å². The van der Waals surface area contributed by atoms with E-state index in [-0.39, 0.29) is 12.1 Å². The van der Waals surface area contributed by atoms with E-state index < -0.39 is 0 Å². The van der Waals surface area contributed by atoms with Gasteiger partial charge in [-0.25, -0.2) is 0 Å². The number of fused-ring (bicyclic) bond motifs is 7. The Kier molecular flexibility index (Phi) is 2.53. The standard InChI is InChI=1S/C18H19NO/c1-18-15-8-4-2-6-13(15)12-17(19(18)10-11-20)14-7-3-5-9-16(14)18/h2-9,17,20H,10-12H2,1H3. The fourth-order valence-electron chi connectivity index (χ4n) is 4.25. The van der Waals surface area contributed by atoms with Gasteiger partial charge in [-0.15, -0.1) is 0 Å². The molecule has 0 saturated heterocycles. The summed E-state index contributed by atoms with van der Waals surface area (Å²) in [5.74, 6) is 0. The van der Waals surface area contributed by atoms with Gasteiger partial charge in [0.05, 0.1) is 12.1 Å². The van der Waals surface area contributed by atoms with Crippen molar-refractivity contribution < 1.29 is 5.11 Å². The van der Waals surface area contributed by atoms with Gasteiger partial charge in [0.25, 0.3) is 0 Å². The molecule has 0 spiro atoms. The number of aliphatic hydroxyl groups is 1. The third-order valence-corrected chi connectivity index (χ3v) is 5.09. The Labute approximate surface area is 119 Å². The van der Waals surface area contributed by atoms with Crippen LogP contribution in [0.25, 0.3) is 0 Å². The molecule has 2 nitrogen and oxygen atoms in total. The van der Waals surface area contributed by atoms with Crippen LogP contribution in [-0.4, -0.2) is 23.2 Å². The van der Waals surface area contributed by atoms with E-state index in [4.69, 9.17) is 0 Å². The van der Waals surface area contributed by atoms with Crippen LogP contribution in [0.3, 0.4) is 0 Å². The molecule has 2 aromatic rings. The monoisotopic (exact) mass is 265 g/mol. The minimum absolute atomic E-state index is 0.0984. The molecule has 4 rings (SSSR count). The predicted octanol–water partition coefficient (Wildman–Crippen LogP) is 2.86. The maximum Gasteiger partial charge on any atom is 0.0698 e. The van der Waals surface area contributed by atoms with Crippen molar-refractivity contribution in [2.75, 3.05) is 13.2 Å². The lowest BCUT2D eigenvalue weighted by Crippen LogP contribution is -2.46. The highest BCUT2D eigenvalue weighted by atomic mass is 16.3. The largest absolute Gasteiger partial charge is 0.395 e. The maximum atomic E-state index is 9.48. The van der Waals surface area contributed by atoms with Crippen LogP contribution in [0.5, 0.6) is 0 Å². The number of aliphatic hydroxyl groups excluding tert-OH is 1. The van der Waals surface area contributed by atoms with E-state index in [1.54, 1.807) is 0 Å². The minimum Gasteiger partial charge on any atom is -0.395 e. The molecule has 0 aromatic heterocycles. The summed E-state index contributed by atoms with van der Waals surface area (Å²) >= 11 is 0. The highest BCUT2D eigenvalue weighted by Gasteiger charge is 2.51. The molecule has 0 saturated carbocycles. The molecule has 2 aromatic carbocycles. The number of nitrogens with zero attached hydrogens (tertiary/aromatic N) is 1. The fourth-order valence-corrected chi connectivity index (χ4v) is 4.25. The molecule has 102 valence electrons. The SMILES string of the molecule is CC12c3ccccc3CC(c3ccccc31)N2CCO. The first kappa shape index (κ1) is 12.1. The van der Waals surface area contributed by atoms with Gasteiger partial charge in [0.15, 0.2) is 0 Å². The van der Waals surface area contributed by atoms with Crippen molar-refractivity contribution >= 4 is 0 Å². The summed E-state index contributed by atoms with van der Waals surface area (Å²) in [4.78, 5) is 2.47. The second-order valence-electron chi connectivity index (χ2n) is 5.95. The van der Waals surface area contributed by atoms with Crippen molar-refractivity contribution in [3.05, 3.63) is 70.8 Å². The number of hydrogen-bond acceptors (Lipinski definition) is 2. The lowest BCUT2D eigenvalue weighted by molar-refractivity contribution is 0.0718. The van der Waals surface area contributed by atoms with Gasteiger partial charge in [0, 0.05) is 12.6 Å². The summed E-state index contributed by atoms with van der Waals surface area (Å²) in [5.41, 5.74) is 5.59. The number of rotatable bonds is 2. The van der Waals surface area contributed by atoms with E-state index >= 15 is 0 Å². The molecule has 0 fully saturated rings. The Bertz CT molecular complexity index is 653. The van der Waals surface area contributed by atoms with Gasteiger partial charge < -0.3 is 5.11 Å². The molecular formula is C18H19NO. The molecule has 20 heavy (non-hydrogen) atoms. The average molecular weight is 265 g/mol. The normalized spacial score (nSPS) is 27.2. The van der Waals surface area contributed by atoms with Gasteiger partial charge in [0.2, 0.25) is 0 Å². The lowest BCUT2D eigenvalue weighted by atomic mass is 9.80. The topological polar surface area (TPSA) is 23.5 Å². The third-order valence-electron chi connectivity index (χ3n) is 5.09. The second-order valence-corrected chi connectivity index (χ2v) is 5.95. The van der Waals surface area contributed by atoms with Gasteiger partial charge in [-0.2, -0.15) is 0 Å². The minimum atomic E-state index is -0.0984. The zero-order valence-corrected chi connectivity index (χ0v) is 11.7. The molecule has 0 aliphatic carbocycles. The summed E-state index contributed by atoms with van der Waals surface area (Å²) in [6.07, 6.45) is 1.04. The molecule has 2 bridgehead atoms. The summed E-state index contributed by atoms with van der Waals surface area (Å²) in [6, 6.07) is 17.9. The van der Waals surface area contributed by atoms with Crippen molar-refractivity contribution in [2.45, 2.75) is 24.9 Å². The van der Waals surface area contributed by atoms with Crippen molar-refractivity contribution in [1.29, 1.82) is 0 Å². The smallest absolute Gasteiger partial charge is 0.0698 e. The van der Waals surface area contributed by atoms with E-state index in [1.165, 1.54) is 22.3 Å². The van der Waals surface area contributed by atoms with Crippen molar-refractivity contribution in [2.24, 2.45) is 0 Å². The van der Waals surface area contributed by atoms with Crippen LogP contribution in [-0.2, 0) is 12.0 Å². The zero-order chi connectivity index (χ0) is 13.7. The first-order chi connectivity index (χ1) is 9.76. The Morgan fingerprint density at radius 2 is 1.80 bits per heavy atom. The third kappa shape index (κ3) is 1.36. The molecule has 0 amide bonds.